The molecular formula is C14H17N3O3S. The molecule has 1 aromatic rings. The molecule has 112 valence electrons. The van der Waals surface area contributed by atoms with Gasteiger partial charge in [-0.3, -0.25) is 9.69 Å². The fourth-order valence-electron chi connectivity index (χ4n) is 2.83. The van der Waals surface area contributed by atoms with Gasteiger partial charge in [0.15, 0.2) is 5.79 Å². The molecule has 0 aromatic carbocycles. The van der Waals surface area contributed by atoms with E-state index in [0.717, 1.165) is 4.88 Å². The molecule has 2 saturated heterocycles. The van der Waals surface area contributed by atoms with E-state index in [1.807, 2.05) is 11.9 Å². The van der Waals surface area contributed by atoms with Gasteiger partial charge in [-0.05, 0) is 13.1 Å². The maximum atomic E-state index is 12.3. The largest absolute Gasteiger partial charge is 0.350 e. The predicted octanol–water partition coefficient (Wildman–Crippen LogP) is 0.683. The zero-order chi connectivity index (χ0) is 14.9. The Bertz CT molecular complexity index is 574. The third kappa shape index (κ3) is 2.94. The summed E-state index contributed by atoms with van der Waals surface area (Å²) in [5.74, 6) is -0.631. The lowest BCUT2D eigenvalue weighted by Crippen LogP contribution is -2.40. The Labute approximate surface area is 127 Å². The van der Waals surface area contributed by atoms with Crippen molar-refractivity contribution >= 4 is 17.2 Å². The van der Waals surface area contributed by atoms with Gasteiger partial charge in [-0.25, -0.2) is 0 Å². The number of thiophene rings is 1. The highest BCUT2D eigenvalue weighted by atomic mass is 32.1. The quantitative estimate of drug-likeness (QED) is 0.889. The molecule has 3 heterocycles. The van der Waals surface area contributed by atoms with Crippen LogP contribution in [-0.4, -0.2) is 49.4 Å². The van der Waals surface area contributed by atoms with E-state index in [9.17, 15) is 4.79 Å². The molecular weight excluding hydrogens is 290 g/mol. The van der Waals surface area contributed by atoms with Crippen LogP contribution in [0.1, 0.15) is 16.9 Å². The van der Waals surface area contributed by atoms with Crippen LogP contribution in [0.15, 0.2) is 11.4 Å². The minimum absolute atomic E-state index is 0.0274. The Balaban J connectivity index is 1.57. The minimum Gasteiger partial charge on any atom is -0.350 e. The number of hydrogen-bond acceptors (Lipinski definition) is 6. The number of rotatable bonds is 3. The molecule has 2 aliphatic heterocycles. The van der Waals surface area contributed by atoms with Crippen LogP contribution < -0.4 is 5.32 Å². The molecule has 0 aliphatic carbocycles. The Morgan fingerprint density at radius 1 is 1.62 bits per heavy atom. The van der Waals surface area contributed by atoms with Crippen molar-refractivity contribution in [3.8, 4) is 6.07 Å². The van der Waals surface area contributed by atoms with Gasteiger partial charge in [-0.2, -0.15) is 5.26 Å². The number of nitriles is 1. The number of likely N-dealkylation sites (tertiary alicyclic amines) is 1. The number of carbonyl (C=O) groups excluding carboxylic acids is 1. The smallest absolute Gasteiger partial charge is 0.237 e. The van der Waals surface area contributed by atoms with Crippen molar-refractivity contribution < 1.29 is 14.3 Å². The van der Waals surface area contributed by atoms with Gasteiger partial charge in [-0.1, -0.05) is 0 Å². The summed E-state index contributed by atoms with van der Waals surface area (Å²) in [6, 6.07) is 3.65. The fraction of sp³-hybridized carbons (Fsp3) is 0.571. The van der Waals surface area contributed by atoms with Crippen LogP contribution in [-0.2, 0) is 20.8 Å². The average Bonchev–Trinajstić information content (AvgIpc) is 3.18. The highest BCUT2D eigenvalue weighted by molar-refractivity contribution is 7.10. The first-order valence-corrected chi connectivity index (χ1v) is 7.73. The van der Waals surface area contributed by atoms with Gasteiger partial charge < -0.3 is 14.8 Å². The van der Waals surface area contributed by atoms with Crippen LogP contribution >= 0.6 is 11.3 Å². The second kappa shape index (κ2) is 5.73. The summed E-state index contributed by atoms with van der Waals surface area (Å²) < 4.78 is 11.3. The first-order valence-electron chi connectivity index (χ1n) is 6.85. The lowest BCUT2D eigenvalue weighted by Gasteiger charge is -2.20. The van der Waals surface area contributed by atoms with Gasteiger partial charge in [0, 0.05) is 16.7 Å². The number of ether oxygens (including phenoxy) is 2. The SMILES string of the molecule is CN1CC2(CC1C(=O)NCc1cc(C#N)cs1)OCCO2. The average molecular weight is 307 g/mol. The van der Waals surface area contributed by atoms with E-state index in [-0.39, 0.29) is 11.9 Å². The van der Waals surface area contributed by atoms with Crippen LogP contribution in [0.5, 0.6) is 0 Å². The summed E-state index contributed by atoms with van der Waals surface area (Å²) >= 11 is 1.48. The highest BCUT2D eigenvalue weighted by Crippen LogP contribution is 2.33. The Kier molecular flexibility index (Phi) is 3.95. The van der Waals surface area contributed by atoms with E-state index < -0.39 is 5.79 Å². The van der Waals surface area contributed by atoms with Gasteiger partial charge in [0.05, 0.1) is 37.9 Å². The third-order valence-corrected chi connectivity index (χ3v) is 4.80. The normalized spacial score (nSPS) is 24.3. The molecule has 0 saturated carbocycles. The molecule has 1 unspecified atom stereocenters. The molecule has 7 heteroatoms. The summed E-state index contributed by atoms with van der Waals surface area (Å²) in [6.45, 7) is 2.25. The highest BCUT2D eigenvalue weighted by Gasteiger charge is 2.49. The van der Waals surface area contributed by atoms with Crippen LogP contribution in [0.4, 0.5) is 0 Å². The second-order valence-electron chi connectivity index (χ2n) is 5.37. The molecule has 1 aromatic heterocycles. The van der Waals surface area contributed by atoms with Crippen molar-refractivity contribution in [2.24, 2.45) is 0 Å². The fourth-order valence-corrected chi connectivity index (χ4v) is 3.58. The number of nitrogens with zero attached hydrogens (tertiary/aromatic N) is 2. The molecule has 0 radical (unpaired) electrons. The molecule has 1 N–H and O–H groups in total. The lowest BCUT2D eigenvalue weighted by molar-refractivity contribution is -0.146. The minimum atomic E-state index is -0.604. The summed E-state index contributed by atoms with van der Waals surface area (Å²) in [6.07, 6.45) is 0.559. The molecule has 1 spiro atoms. The first-order chi connectivity index (χ1) is 10.1. The molecule has 0 bridgehead atoms. The third-order valence-electron chi connectivity index (χ3n) is 3.86. The summed E-state index contributed by atoms with van der Waals surface area (Å²) in [4.78, 5) is 15.3. The van der Waals surface area contributed by atoms with E-state index in [2.05, 4.69) is 11.4 Å². The van der Waals surface area contributed by atoms with Gasteiger partial charge in [0.1, 0.15) is 6.07 Å². The number of amides is 1. The molecule has 21 heavy (non-hydrogen) atoms. The first kappa shape index (κ1) is 14.5. The van der Waals surface area contributed by atoms with Gasteiger partial charge >= 0.3 is 0 Å². The Hall–Kier alpha value is -1.46. The Morgan fingerprint density at radius 3 is 3.05 bits per heavy atom. The zero-order valence-corrected chi connectivity index (χ0v) is 12.6. The molecule has 2 aliphatic rings. The molecule has 6 nitrogen and oxygen atoms in total. The van der Waals surface area contributed by atoms with Crippen molar-refractivity contribution in [1.82, 2.24) is 10.2 Å². The molecule has 2 fully saturated rings. The van der Waals surface area contributed by atoms with Crippen LogP contribution in [0.2, 0.25) is 0 Å². The number of hydrogen-bond donors (Lipinski definition) is 1. The molecule has 1 atom stereocenters. The number of nitrogens with one attached hydrogen (secondary N) is 1. The van der Waals surface area contributed by atoms with Crippen LogP contribution in [0.3, 0.4) is 0 Å². The topological polar surface area (TPSA) is 74.6 Å². The second-order valence-corrected chi connectivity index (χ2v) is 6.37. The number of carbonyl (C=O) groups is 1. The summed E-state index contributed by atoms with van der Waals surface area (Å²) in [5, 5.41) is 13.5. The molecule has 3 rings (SSSR count). The van der Waals surface area contributed by atoms with Crippen LogP contribution in [0, 0.1) is 11.3 Å². The van der Waals surface area contributed by atoms with Crippen molar-refractivity contribution in [2.75, 3.05) is 26.8 Å². The van der Waals surface area contributed by atoms with Crippen LogP contribution in [0.25, 0.3) is 0 Å². The van der Waals surface area contributed by atoms with E-state index in [0.29, 0.717) is 38.3 Å². The summed E-state index contributed by atoms with van der Waals surface area (Å²) in [5.41, 5.74) is 0.633. The maximum absolute atomic E-state index is 12.3. The predicted molar refractivity (Wildman–Crippen MR) is 76.6 cm³/mol. The van der Waals surface area contributed by atoms with E-state index >= 15 is 0 Å². The van der Waals surface area contributed by atoms with Crippen molar-refractivity contribution in [1.29, 1.82) is 5.26 Å². The van der Waals surface area contributed by atoms with Gasteiger partial charge in [0.2, 0.25) is 5.91 Å². The zero-order valence-electron chi connectivity index (χ0n) is 11.8. The van der Waals surface area contributed by atoms with Gasteiger partial charge in [0.25, 0.3) is 0 Å². The molecule has 1 amide bonds. The van der Waals surface area contributed by atoms with Crippen molar-refractivity contribution in [3.05, 3.63) is 21.9 Å². The van der Waals surface area contributed by atoms with E-state index in [4.69, 9.17) is 14.7 Å². The monoisotopic (exact) mass is 307 g/mol. The maximum Gasteiger partial charge on any atom is 0.237 e. The Morgan fingerprint density at radius 2 is 2.38 bits per heavy atom. The van der Waals surface area contributed by atoms with Crippen molar-refractivity contribution in [2.45, 2.75) is 24.8 Å². The van der Waals surface area contributed by atoms with Gasteiger partial charge in [-0.15, -0.1) is 11.3 Å². The van der Waals surface area contributed by atoms with E-state index in [1.165, 1.54) is 11.3 Å². The summed E-state index contributed by atoms with van der Waals surface area (Å²) in [7, 11) is 1.91. The number of likely N-dealkylation sites (N-methyl/N-ethyl adjacent to an activating group) is 1. The van der Waals surface area contributed by atoms with E-state index in [1.54, 1.807) is 11.4 Å². The standard InChI is InChI=1S/C14H17N3O3S/c1-17-9-14(19-2-3-20-14)5-12(17)13(18)16-7-11-4-10(6-15)8-21-11/h4,8,12H,2-3,5,7,9H2,1H3,(H,16,18). The lowest BCUT2D eigenvalue weighted by atomic mass is 10.1. The van der Waals surface area contributed by atoms with Crippen molar-refractivity contribution in [3.63, 3.8) is 0 Å².